The first-order valence-electron chi connectivity index (χ1n) is 7.22. The van der Waals surface area contributed by atoms with Crippen LogP contribution in [-0.4, -0.2) is 18.6 Å². The number of halogens is 1. The molecule has 1 unspecified atom stereocenters. The number of carbonyl (C=O) groups excluding carboxylic acids is 1. The molecular formula is C15H22FN3O. The Morgan fingerprint density at radius 1 is 1.25 bits per heavy atom. The quantitative estimate of drug-likeness (QED) is 0.793. The summed E-state index contributed by atoms with van der Waals surface area (Å²) < 4.78 is 12.8. The average Bonchev–Trinajstić information content (AvgIpc) is 2.48. The van der Waals surface area contributed by atoms with Crippen LogP contribution >= 0.6 is 0 Å². The van der Waals surface area contributed by atoms with E-state index in [1.54, 1.807) is 0 Å². The second kappa shape index (κ2) is 7.24. The standard InChI is InChI=1S/C15H22FN3O/c16-12-6-8-13(9-7-12)18-15(20)19-14(10-17)11-4-2-1-3-5-11/h6-9,11,14H,1-5,10,17H2,(H2,18,19,20). The summed E-state index contributed by atoms with van der Waals surface area (Å²) in [5, 5.41) is 5.63. The normalized spacial score (nSPS) is 17.5. The topological polar surface area (TPSA) is 67.1 Å². The molecule has 0 aromatic heterocycles. The van der Waals surface area contributed by atoms with Gasteiger partial charge in [0.2, 0.25) is 0 Å². The van der Waals surface area contributed by atoms with E-state index in [-0.39, 0.29) is 17.9 Å². The van der Waals surface area contributed by atoms with Crippen molar-refractivity contribution in [2.45, 2.75) is 38.1 Å². The third-order valence-electron chi connectivity index (χ3n) is 3.89. The van der Waals surface area contributed by atoms with Gasteiger partial charge in [-0.2, -0.15) is 0 Å². The molecule has 1 fully saturated rings. The van der Waals surface area contributed by atoms with Crippen molar-refractivity contribution in [3.8, 4) is 0 Å². The van der Waals surface area contributed by atoms with Gasteiger partial charge in [-0.05, 0) is 43.0 Å². The van der Waals surface area contributed by atoms with Crippen molar-refractivity contribution in [3.05, 3.63) is 30.1 Å². The summed E-state index contributed by atoms with van der Waals surface area (Å²) >= 11 is 0. The van der Waals surface area contributed by atoms with Gasteiger partial charge >= 0.3 is 6.03 Å². The predicted molar refractivity (Wildman–Crippen MR) is 78.0 cm³/mol. The molecule has 1 aromatic rings. The van der Waals surface area contributed by atoms with Crippen molar-refractivity contribution in [2.75, 3.05) is 11.9 Å². The zero-order chi connectivity index (χ0) is 14.4. The van der Waals surface area contributed by atoms with Gasteiger partial charge in [0.25, 0.3) is 0 Å². The molecule has 2 amide bonds. The van der Waals surface area contributed by atoms with Crippen LogP contribution in [0.2, 0.25) is 0 Å². The molecule has 0 radical (unpaired) electrons. The Kier molecular flexibility index (Phi) is 5.35. The molecule has 1 aliphatic rings. The number of urea groups is 1. The van der Waals surface area contributed by atoms with Crippen LogP contribution in [0, 0.1) is 11.7 Å². The first-order valence-corrected chi connectivity index (χ1v) is 7.22. The molecule has 5 heteroatoms. The summed E-state index contributed by atoms with van der Waals surface area (Å²) in [6.45, 7) is 0.446. The van der Waals surface area contributed by atoms with E-state index in [9.17, 15) is 9.18 Å². The lowest BCUT2D eigenvalue weighted by Crippen LogP contribution is -2.47. The zero-order valence-corrected chi connectivity index (χ0v) is 11.6. The molecule has 1 aliphatic carbocycles. The van der Waals surface area contributed by atoms with Crippen LogP contribution in [0.4, 0.5) is 14.9 Å². The van der Waals surface area contributed by atoms with Gasteiger partial charge in [-0.3, -0.25) is 0 Å². The number of benzene rings is 1. The van der Waals surface area contributed by atoms with Crippen LogP contribution in [0.25, 0.3) is 0 Å². The lowest BCUT2D eigenvalue weighted by Gasteiger charge is -2.30. The summed E-state index contributed by atoms with van der Waals surface area (Å²) in [7, 11) is 0. The molecule has 110 valence electrons. The van der Waals surface area contributed by atoms with Gasteiger partial charge in [-0.25, -0.2) is 9.18 Å². The van der Waals surface area contributed by atoms with Crippen LogP contribution in [0.1, 0.15) is 32.1 Å². The number of rotatable bonds is 4. The molecular weight excluding hydrogens is 257 g/mol. The van der Waals surface area contributed by atoms with Crippen LogP contribution in [-0.2, 0) is 0 Å². The lowest BCUT2D eigenvalue weighted by molar-refractivity contribution is 0.233. The maximum absolute atomic E-state index is 12.8. The molecule has 0 saturated heterocycles. The number of hydrogen-bond donors (Lipinski definition) is 3. The molecule has 0 aliphatic heterocycles. The SMILES string of the molecule is NCC(NC(=O)Nc1ccc(F)cc1)C1CCCCC1. The van der Waals surface area contributed by atoms with Crippen molar-refractivity contribution in [2.24, 2.45) is 11.7 Å². The highest BCUT2D eigenvalue weighted by molar-refractivity contribution is 5.89. The largest absolute Gasteiger partial charge is 0.334 e. The van der Waals surface area contributed by atoms with Crippen molar-refractivity contribution in [1.82, 2.24) is 5.32 Å². The first kappa shape index (κ1) is 14.8. The van der Waals surface area contributed by atoms with Crippen LogP contribution in [0.15, 0.2) is 24.3 Å². The maximum Gasteiger partial charge on any atom is 0.319 e. The minimum Gasteiger partial charge on any atom is -0.334 e. The third kappa shape index (κ3) is 4.20. The molecule has 1 saturated carbocycles. The summed E-state index contributed by atoms with van der Waals surface area (Å²) in [4.78, 5) is 11.9. The van der Waals surface area contributed by atoms with E-state index < -0.39 is 0 Å². The highest BCUT2D eigenvalue weighted by atomic mass is 19.1. The van der Waals surface area contributed by atoms with Crippen molar-refractivity contribution in [3.63, 3.8) is 0 Å². The average molecular weight is 279 g/mol. The van der Waals surface area contributed by atoms with E-state index in [2.05, 4.69) is 10.6 Å². The first-order chi connectivity index (χ1) is 9.69. The minimum absolute atomic E-state index is 0.00995. The van der Waals surface area contributed by atoms with Crippen molar-refractivity contribution in [1.29, 1.82) is 0 Å². The number of amides is 2. The third-order valence-corrected chi connectivity index (χ3v) is 3.89. The monoisotopic (exact) mass is 279 g/mol. The van der Waals surface area contributed by atoms with Crippen LogP contribution in [0.3, 0.4) is 0 Å². The smallest absolute Gasteiger partial charge is 0.319 e. The molecule has 0 heterocycles. The fraction of sp³-hybridized carbons (Fsp3) is 0.533. The fourth-order valence-electron chi connectivity index (χ4n) is 2.77. The molecule has 2 rings (SSSR count). The summed E-state index contributed by atoms with van der Waals surface area (Å²) in [6, 6.07) is 5.43. The Bertz CT molecular complexity index is 429. The van der Waals surface area contributed by atoms with Gasteiger partial charge in [0.05, 0.1) is 0 Å². The number of hydrogen-bond acceptors (Lipinski definition) is 2. The molecule has 1 aromatic carbocycles. The highest BCUT2D eigenvalue weighted by Crippen LogP contribution is 2.26. The van der Waals surface area contributed by atoms with Gasteiger partial charge in [0, 0.05) is 18.3 Å². The van der Waals surface area contributed by atoms with E-state index in [1.165, 1.54) is 43.5 Å². The Balaban J connectivity index is 1.86. The second-order valence-corrected chi connectivity index (χ2v) is 5.35. The number of nitrogens with two attached hydrogens (primary N) is 1. The fourth-order valence-corrected chi connectivity index (χ4v) is 2.77. The summed E-state index contributed by atoms with van der Waals surface area (Å²) in [5.74, 6) is 0.144. The Morgan fingerprint density at radius 2 is 1.90 bits per heavy atom. The van der Waals surface area contributed by atoms with Gasteiger partial charge in [0.1, 0.15) is 5.82 Å². The van der Waals surface area contributed by atoms with Crippen molar-refractivity contribution < 1.29 is 9.18 Å². The van der Waals surface area contributed by atoms with Crippen molar-refractivity contribution >= 4 is 11.7 Å². The van der Waals surface area contributed by atoms with E-state index in [0.717, 1.165) is 12.8 Å². The number of carbonyl (C=O) groups is 1. The van der Waals surface area contributed by atoms with E-state index in [4.69, 9.17) is 5.73 Å². The maximum atomic E-state index is 12.8. The number of anilines is 1. The molecule has 1 atom stereocenters. The Hall–Kier alpha value is -1.62. The van der Waals surface area contributed by atoms with E-state index in [1.807, 2.05) is 0 Å². The second-order valence-electron chi connectivity index (χ2n) is 5.35. The predicted octanol–water partition coefficient (Wildman–Crippen LogP) is 2.85. The highest BCUT2D eigenvalue weighted by Gasteiger charge is 2.23. The molecule has 0 spiro atoms. The Morgan fingerprint density at radius 3 is 2.50 bits per heavy atom. The molecule has 4 N–H and O–H groups in total. The van der Waals surface area contributed by atoms with E-state index >= 15 is 0 Å². The zero-order valence-electron chi connectivity index (χ0n) is 11.6. The minimum atomic E-state index is -0.321. The van der Waals surface area contributed by atoms with Gasteiger partial charge < -0.3 is 16.4 Å². The molecule has 4 nitrogen and oxygen atoms in total. The number of nitrogens with one attached hydrogen (secondary N) is 2. The molecule has 0 bridgehead atoms. The van der Waals surface area contributed by atoms with Crippen LogP contribution < -0.4 is 16.4 Å². The van der Waals surface area contributed by atoms with Gasteiger partial charge in [0.15, 0.2) is 0 Å². The lowest BCUT2D eigenvalue weighted by atomic mass is 9.84. The molecule has 20 heavy (non-hydrogen) atoms. The summed E-state index contributed by atoms with van der Waals surface area (Å²) in [5.41, 5.74) is 6.35. The van der Waals surface area contributed by atoms with E-state index in [0.29, 0.717) is 18.2 Å². The van der Waals surface area contributed by atoms with Gasteiger partial charge in [-0.1, -0.05) is 19.3 Å². The van der Waals surface area contributed by atoms with Gasteiger partial charge in [-0.15, -0.1) is 0 Å². The van der Waals surface area contributed by atoms with Crippen LogP contribution in [0.5, 0.6) is 0 Å². The Labute approximate surface area is 118 Å². The summed E-state index contributed by atoms with van der Waals surface area (Å²) in [6.07, 6.45) is 5.94.